The van der Waals surface area contributed by atoms with Gasteiger partial charge < -0.3 is 13.9 Å². The average Bonchev–Trinajstić information content (AvgIpc) is 3.23. The first-order valence-corrected chi connectivity index (χ1v) is 9.32. The van der Waals surface area contributed by atoms with Crippen LogP contribution in [0.3, 0.4) is 0 Å². The maximum absolute atomic E-state index is 13.0. The fraction of sp³-hybridized carbons (Fsp3) is 0.273. The minimum Gasteiger partial charge on any atom is -0.464 e. The highest BCUT2D eigenvalue weighted by Gasteiger charge is 2.38. The number of carbonyl (C=O) groups is 1. The molecule has 2 bridgehead atoms. The fourth-order valence-electron chi connectivity index (χ4n) is 4.58. The number of benzene rings is 1. The molecular weight excluding hydrogens is 340 g/mol. The number of fused-ring (bicyclic) bond motifs is 4. The summed E-state index contributed by atoms with van der Waals surface area (Å²) < 4.78 is 7.50. The molecule has 5 heteroatoms. The Morgan fingerprint density at radius 3 is 2.59 bits per heavy atom. The number of rotatable bonds is 2. The lowest BCUT2D eigenvalue weighted by Crippen LogP contribution is -2.49. The Morgan fingerprint density at radius 2 is 1.81 bits per heavy atom. The number of hydrogen-bond donors (Lipinski definition) is 0. The normalized spacial score (nSPS) is 21.0. The molecule has 1 aromatic carbocycles. The van der Waals surface area contributed by atoms with Gasteiger partial charge in [-0.05, 0) is 42.7 Å². The molecule has 4 heterocycles. The van der Waals surface area contributed by atoms with Crippen LogP contribution in [0.1, 0.15) is 28.4 Å². The van der Waals surface area contributed by atoms with Gasteiger partial charge in [0.1, 0.15) is 5.76 Å². The number of piperidine rings is 1. The topological polar surface area (TPSA) is 55.5 Å². The Balaban J connectivity index is 1.54. The third kappa shape index (κ3) is 2.70. The van der Waals surface area contributed by atoms with Crippen molar-refractivity contribution < 1.29 is 9.21 Å². The van der Waals surface area contributed by atoms with E-state index in [0.29, 0.717) is 31.1 Å². The third-order valence-electron chi connectivity index (χ3n) is 5.68. The molecule has 5 nitrogen and oxygen atoms in total. The van der Waals surface area contributed by atoms with Crippen molar-refractivity contribution in [3.8, 4) is 11.3 Å². The van der Waals surface area contributed by atoms with Crippen molar-refractivity contribution in [2.75, 3.05) is 13.1 Å². The predicted molar refractivity (Wildman–Crippen MR) is 102 cm³/mol. The van der Waals surface area contributed by atoms with Crippen LogP contribution in [-0.2, 0) is 6.54 Å². The summed E-state index contributed by atoms with van der Waals surface area (Å²) in [4.78, 5) is 27.4. The zero-order chi connectivity index (χ0) is 18.4. The summed E-state index contributed by atoms with van der Waals surface area (Å²) in [5, 5.41) is 0. The highest BCUT2D eigenvalue weighted by atomic mass is 16.3. The molecule has 0 N–H and O–H groups in total. The number of aromatic nitrogens is 1. The maximum atomic E-state index is 13.0. The van der Waals surface area contributed by atoms with Gasteiger partial charge in [0.25, 0.3) is 11.5 Å². The Kier molecular flexibility index (Phi) is 3.74. The van der Waals surface area contributed by atoms with Crippen molar-refractivity contribution in [2.24, 2.45) is 5.92 Å². The van der Waals surface area contributed by atoms with Crippen molar-refractivity contribution >= 4 is 5.91 Å². The molecule has 0 radical (unpaired) electrons. The van der Waals surface area contributed by atoms with E-state index < -0.39 is 0 Å². The summed E-state index contributed by atoms with van der Waals surface area (Å²) in [5.74, 6) is 1.27. The third-order valence-corrected chi connectivity index (χ3v) is 5.68. The highest BCUT2D eigenvalue weighted by Crippen LogP contribution is 2.40. The van der Waals surface area contributed by atoms with E-state index in [1.54, 1.807) is 12.3 Å². The van der Waals surface area contributed by atoms with Crippen LogP contribution in [0.2, 0.25) is 0 Å². The van der Waals surface area contributed by atoms with E-state index in [-0.39, 0.29) is 17.4 Å². The molecule has 0 aliphatic carbocycles. The van der Waals surface area contributed by atoms with Gasteiger partial charge in [-0.1, -0.05) is 18.2 Å². The van der Waals surface area contributed by atoms with E-state index in [2.05, 4.69) is 0 Å². The minimum atomic E-state index is 0.0258. The minimum absolute atomic E-state index is 0.0258. The van der Waals surface area contributed by atoms with Crippen molar-refractivity contribution in [1.29, 1.82) is 0 Å². The number of amides is 1. The van der Waals surface area contributed by atoms with E-state index in [9.17, 15) is 9.59 Å². The Hall–Kier alpha value is -3.08. The molecule has 2 aromatic heterocycles. The summed E-state index contributed by atoms with van der Waals surface area (Å²) in [5.41, 5.74) is 2.70. The molecule has 0 unspecified atom stereocenters. The lowest BCUT2D eigenvalue weighted by molar-refractivity contribution is 0.0595. The second kappa shape index (κ2) is 6.27. The highest BCUT2D eigenvalue weighted by molar-refractivity contribution is 5.94. The van der Waals surface area contributed by atoms with Crippen molar-refractivity contribution in [1.82, 2.24) is 9.47 Å². The molecule has 3 aromatic rings. The summed E-state index contributed by atoms with van der Waals surface area (Å²) >= 11 is 0. The Bertz CT molecular complexity index is 1040. The fourth-order valence-corrected chi connectivity index (χ4v) is 4.58. The zero-order valence-electron chi connectivity index (χ0n) is 14.9. The van der Waals surface area contributed by atoms with Gasteiger partial charge in [-0.3, -0.25) is 9.59 Å². The van der Waals surface area contributed by atoms with Crippen LogP contribution < -0.4 is 5.56 Å². The van der Waals surface area contributed by atoms with Crippen molar-refractivity contribution in [2.45, 2.75) is 18.9 Å². The molecule has 5 rings (SSSR count). The van der Waals surface area contributed by atoms with Gasteiger partial charge in [0.05, 0.1) is 6.26 Å². The Labute approximate surface area is 156 Å². The first-order valence-electron chi connectivity index (χ1n) is 9.32. The quantitative estimate of drug-likeness (QED) is 0.704. The van der Waals surface area contributed by atoms with Crippen LogP contribution in [0.15, 0.2) is 70.1 Å². The molecule has 2 aliphatic heterocycles. The predicted octanol–water partition coefficient (Wildman–Crippen LogP) is 3.37. The summed E-state index contributed by atoms with van der Waals surface area (Å²) in [6.07, 6.45) is 2.64. The first kappa shape index (κ1) is 16.1. The van der Waals surface area contributed by atoms with Crippen LogP contribution in [0.25, 0.3) is 11.3 Å². The number of furan rings is 1. The number of likely N-dealkylation sites (tertiary alicyclic amines) is 1. The number of pyridine rings is 1. The van der Waals surface area contributed by atoms with Crippen molar-refractivity contribution in [3.63, 3.8) is 0 Å². The van der Waals surface area contributed by atoms with E-state index in [4.69, 9.17) is 4.42 Å². The lowest BCUT2D eigenvalue weighted by Gasteiger charge is -2.43. The molecule has 1 fully saturated rings. The molecule has 136 valence electrons. The monoisotopic (exact) mass is 360 g/mol. The molecule has 27 heavy (non-hydrogen) atoms. The van der Waals surface area contributed by atoms with Crippen LogP contribution in [-0.4, -0.2) is 28.5 Å². The van der Waals surface area contributed by atoms with Crippen LogP contribution >= 0.6 is 0 Å². The zero-order valence-corrected chi connectivity index (χ0v) is 14.9. The van der Waals surface area contributed by atoms with Gasteiger partial charge in [0.2, 0.25) is 0 Å². The van der Waals surface area contributed by atoms with Crippen molar-refractivity contribution in [3.05, 3.63) is 82.5 Å². The maximum Gasteiger partial charge on any atom is 0.253 e. The number of carbonyl (C=O) groups excluding carboxylic acids is 1. The van der Waals surface area contributed by atoms with E-state index >= 15 is 0 Å². The standard InChI is InChI=1S/C22H20N2O3/c25-20-9-8-18(19-7-4-10-27-19)21-17-11-15(13-24(20)21)12-23(14-17)22(26)16-5-2-1-3-6-16/h1-10,15,17H,11-14H2/t15-,17-/m1/s1. The molecule has 0 spiro atoms. The molecule has 2 aliphatic rings. The number of nitrogens with zero attached hydrogens (tertiary/aromatic N) is 2. The van der Waals surface area contributed by atoms with Gasteiger partial charge >= 0.3 is 0 Å². The molecule has 0 saturated carbocycles. The SMILES string of the molecule is O=C(c1ccccc1)N1C[C@H]2C[C@H](C1)c1c(-c3ccco3)ccc(=O)n1C2. The van der Waals surface area contributed by atoms with E-state index in [0.717, 1.165) is 23.4 Å². The largest absolute Gasteiger partial charge is 0.464 e. The first-order chi connectivity index (χ1) is 13.2. The number of hydrogen-bond acceptors (Lipinski definition) is 3. The summed E-state index contributed by atoms with van der Waals surface area (Å²) in [7, 11) is 0. The second-order valence-corrected chi connectivity index (χ2v) is 7.43. The van der Waals surface area contributed by atoms with Gasteiger partial charge in [-0.25, -0.2) is 0 Å². The lowest BCUT2D eigenvalue weighted by atomic mass is 9.81. The Morgan fingerprint density at radius 1 is 0.963 bits per heavy atom. The van der Waals surface area contributed by atoms with E-state index in [1.165, 1.54) is 0 Å². The van der Waals surface area contributed by atoms with Crippen LogP contribution in [0.4, 0.5) is 0 Å². The summed E-state index contributed by atoms with van der Waals surface area (Å²) in [6, 6.07) is 16.7. The molecular formula is C22H20N2O3. The smallest absolute Gasteiger partial charge is 0.253 e. The van der Waals surface area contributed by atoms with Crippen LogP contribution in [0.5, 0.6) is 0 Å². The van der Waals surface area contributed by atoms with Gasteiger partial charge in [0.15, 0.2) is 0 Å². The van der Waals surface area contributed by atoms with Crippen LogP contribution in [0, 0.1) is 5.92 Å². The van der Waals surface area contributed by atoms with Gasteiger partial charge in [-0.2, -0.15) is 0 Å². The second-order valence-electron chi connectivity index (χ2n) is 7.43. The van der Waals surface area contributed by atoms with Gasteiger partial charge in [0, 0.05) is 48.4 Å². The molecule has 2 atom stereocenters. The summed E-state index contributed by atoms with van der Waals surface area (Å²) in [6.45, 7) is 1.97. The van der Waals surface area contributed by atoms with E-state index in [1.807, 2.05) is 58.0 Å². The molecule has 1 saturated heterocycles. The van der Waals surface area contributed by atoms with Gasteiger partial charge in [-0.15, -0.1) is 0 Å². The average molecular weight is 360 g/mol. The molecule has 1 amide bonds.